The highest BCUT2D eigenvalue weighted by atomic mass is 16.5. The number of aliphatic carboxylic acids is 1. The number of carbonyl (C=O) groups excluding carboxylic acids is 8. The maximum Gasteiger partial charge on any atom is 0.326 e. The normalized spacial score (nSPS) is 20.5. The summed E-state index contributed by atoms with van der Waals surface area (Å²) in [4.78, 5) is 128. The van der Waals surface area contributed by atoms with Crippen LogP contribution in [0.25, 0.3) is 10.9 Å². The predicted molar refractivity (Wildman–Crippen MR) is 295 cm³/mol. The van der Waals surface area contributed by atoms with E-state index in [2.05, 4.69) is 58.2 Å². The molecule has 5 rings (SSSR count). The zero-order chi connectivity index (χ0) is 58.0. The molecule has 26 nitrogen and oxygen atoms in total. The number of hydrogen-bond donors (Lipinski definition) is 16. The fraction of sp³-hybridized carbons (Fsp3) is 0.426. The molecule has 0 saturated carbocycles. The lowest BCUT2D eigenvalue weighted by molar-refractivity contribution is -0.142. The van der Waals surface area contributed by atoms with Crippen molar-refractivity contribution in [1.82, 2.24) is 58.2 Å². The number of rotatable bonds is 20. The van der Waals surface area contributed by atoms with Gasteiger partial charge in [-0.15, -0.1) is 0 Å². The van der Waals surface area contributed by atoms with Crippen LogP contribution in [0.5, 0.6) is 0 Å². The van der Waals surface area contributed by atoms with Crippen LogP contribution in [0.2, 0.25) is 0 Å². The second-order valence-electron chi connectivity index (χ2n) is 19.2. The first-order valence-corrected chi connectivity index (χ1v) is 26.3. The molecule has 7 atom stereocenters. The van der Waals surface area contributed by atoms with Crippen LogP contribution in [0.1, 0.15) is 75.0 Å². The second kappa shape index (κ2) is 32.0. The van der Waals surface area contributed by atoms with Gasteiger partial charge in [-0.2, -0.15) is 0 Å². The molecule has 1 aliphatic heterocycles. The number of para-hydroxylation sites is 1. The van der Waals surface area contributed by atoms with E-state index < -0.39 is 102 Å². The third-order valence-electron chi connectivity index (χ3n) is 12.9. The summed E-state index contributed by atoms with van der Waals surface area (Å²) in [6.45, 7) is 0.935. The number of nitrogens with two attached hydrogens (primary N) is 2. The van der Waals surface area contributed by atoms with Gasteiger partial charge in [-0.05, 0) is 67.7 Å². The zero-order valence-electron chi connectivity index (χ0n) is 44.5. The molecule has 1 aliphatic rings. The summed E-state index contributed by atoms with van der Waals surface area (Å²) in [6.07, 6.45) is 0.844. The number of ether oxygens (including phenoxy) is 1. The minimum absolute atomic E-state index is 0.00697. The van der Waals surface area contributed by atoms with Crippen LogP contribution >= 0.6 is 0 Å². The molecule has 0 bridgehead atoms. The number of hydrogen-bond acceptors (Lipinski definition) is 12. The minimum Gasteiger partial charge on any atom is -0.480 e. The number of H-pyrrole nitrogens is 1. The molecule has 0 aliphatic carbocycles. The summed E-state index contributed by atoms with van der Waals surface area (Å²) in [7, 11) is 0. The number of fused-ring (bicyclic) bond motifs is 1. The smallest absolute Gasteiger partial charge is 0.326 e. The van der Waals surface area contributed by atoms with Crippen molar-refractivity contribution in [1.29, 1.82) is 10.8 Å². The van der Waals surface area contributed by atoms with Gasteiger partial charge in [0.1, 0.15) is 42.3 Å². The van der Waals surface area contributed by atoms with E-state index in [0.717, 1.165) is 11.1 Å². The highest BCUT2D eigenvalue weighted by Crippen LogP contribution is 2.20. The van der Waals surface area contributed by atoms with Gasteiger partial charge in [0.25, 0.3) is 0 Å². The van der Waals surface area contributed by atoms with Crippen LogP contribution < -0.4 is 64.6 Å². The highest BCUT2D eigenvalue weighted by molar-refractivity contribution is 5.98. The second-order valence-corrected chi connectivity index (χ2v) is 19.2. The topological polar surface area (TPSA) is 419 Å². The minimum atomic E-state index is -1.62. The summed E-state index contributed by atoms with van der Waals surface area (Å²) in [5.41, 5.74) is 13.6. The van der Waals surface area contributed by atoms with E-state index in [1.54, 1.807) is 85.1 Å². The third kappa shape index (κ3) is 21.0. The third-order valence-corrected chi connectivity index (χ3v) is 12.9. The van der Waals surface area contributed by atoms with Crippen molar-refractivity contribution in [2.24, 2.45) is 11.5 Å². The predicted octanol–water partition coefficient (Wildman–Crippen LogP) is -1.12. The van der Waals surface area contributed by atoms with Crippen LogP contribution in [-0.2, 0) is 67.3 Å². The van der Waals surface area contributed by atoms with Gasteiger partial charge in [0.15, 0.2) is 11.9 Å². The number of nitrogens with one attached hydrogen (secondary N) is 13. The molecule has 1 fully saturated rings. The van der Waals surface area contributed by atoms with E-state index in [-0.39, 0.29) is 102 Å². The van der Waals surface area contributed by atoms with E-state index >= 15 is 0 Å². The Morgan fingerprint density at radius 2 is 1.27 bits per heavy atom. The summed E-state index contributed by atoms with van der Waals surface area (Å²) in [5.74, 6) is -8.47. The molecule has 0 spiro atoms. The lowest BCUT2D eigenvalue weighted by atomic mass is 10.0. The molecule has 3 aromatic carbocycles. The standard InChI is InChI=1S/C54H73N15O11/c1-32(70)63-38(19-11-25-60-53(55)56)46(72)64-40-20-10-24-59-45(71)23-22-41(52(78)79)66-50(76)43(28-35-29-62-37-18-9-8-17-36(35)37)68-47(73)39(21-12-26-61-54(57)58)65-49(75)42(27-33-13-4-2-5-14-33)67-51(77)44(69-48(40)74)31-80-30-34-15-6-3-7-16-34/h2-9,13-18,29,38-44,62H,10-12,19-28,30-31H2,1H3,(H,59,71)(H,63,70)(H,64,72)(H,65,75)(H,66,76)(H,67,77)(H,68,73)(H,69,74)(H,78,79)(H4,55,56,60)(H4,57,58,61)/t38-,39-,40-,41?,42?,43-,44-/m0/s1. The monoisotopic (exact) mass is 1110 g/mol. The summed E-state index contributed by atoms with van der Waals surface area (Å²) in [6, 6.07) is 14.7. The Kier molecular flexibility index (Phi) is 24.7. The fourth-order valence-corrected chi connectivity index (χ4v) is 8.74. The quantitative estimate of drug-likeness (QED) is 0.0283. The number of carboxylic acid groups (broad SMARTS) is 1. The number of guanidine groups is 2. The molecule has 1 aromatic heterocycles. The fourth-order valence-electron chi connectivity index (χ4n) is 8.74. The summed E-state index contributed by atoms with van der Waals surface area (Å²) < 4.78 is 6.00. The molecule has 430 valence electrons. The SMILES string of the molecule is CC(=O)N[C@@H](CCCNC(=N)N)C(=O)N[C@H]1CCCNC(=O)CCC(C(=O)O)NC(=O)[C@H](Cc2c[nH]c3ccccc23)NC(=O)[C@H](CCCNC(=N)N)NC(=O)C(Cc2ccccc2)NC(=O)[C@H](COCc2ccccc2)NC1=O. The van der Waals surface area contributed by atoms with Gasteiger partial charge in [0, 0.05) is 62.9 Å². The lowest BCUT2D eigenvalue weighted by Crippen LogP contribution is -2.61. The van der Waals surface area contributed by atoms with Gasteiger partial charge < -0.3 is 79.5 Å². The molecular weight excluding hydrogens is 1030 g/mol. The summed E-state index contributed by atoms with van der Waals surface area (Å²) >= 11 is 0. The van der Waals surface area contributed by atoms with Crippen molar-refractivity contribution in [3.63, 3.8) is 0 Å². The number of benzene rings is 3. The Labute approximate surface area is 462 Å². The van der Waals surface area contributed by atoms with Crippen LogP contribution in [-0.4, -0.2) is 144 Å². The van der Waals surface area contributed by atoms with Crippen LogP contribution in [0, 0.1) is 10.8 Å². The molecule has 8 amide bonds. The Morgan fingerprint density at radius 1 is 0.700 bits per heavy atom. The molecule has 0 radical (unpaired) electrons. The van der Waals surface area contributed by atoms with Gasteiger partial charge in [0.2, 0.25) is 47.3 Å². The highest BCUT2D eigenvalue weighted by Gasteiger charge is 2.35. The van der Waals surface area contributed by atoms with E-state index in [1.165, 1.54) is 6.92 Å². The molecule has 80 heavy (non-hydrogen) atoms. The average Bonchev–Trinajstić information content (AvgIpc) is 3.87. The number of aromatic nitrogens is 1. The van der Waals surface area contributed by atoms with Crippen molar-refractivity contribution >= 4 is 76.0 Å². The van der Waals surface area contributed by atoms with Crippen LogP contribution in [0.4, 0.5) is 0 Å². The first kappa shape index (κ1) is 61.8. The molecule has 2 heterocycles. The van der Waals surface area contributed by atoms with Gasteiger partial charge in [-0.3, -0.25) is 49.2 Å². The van der Waals surface area contributed by atoms with Gasteiger partial charge >= 0.3 is 5.97 Å². The van der Waals surface area contributed by atoms with E-state index in [9.17, 15) is 48.3 Å². The summed E-state index contributed by atoms with van der Waals surface area (Å²) in [5, 5.41) is 52.6. The molecule has 2 unspecified atom stereocenters. The molecule has 4 aromatic rings. The van der Waals surface area contributed by atoms with Crippen molar-refractivity contribution in [2.45, 2.75) is 120 Å². The van der Waals surface area contributed by atoms with Crippen molar-refractivity contribution < 1.29 is 53.0 Å². The van der Waals surface area contributed by atoms with Crippen molar-refractivity contribution in [2.75, 3.05) is 26.2 Å². The molecular formula is C54H73N15O11. The van der Waals surface area contributed by atoms with Crippen LogP contribution in [0.3, 0.4) is 0 Å². The zero-order valence-corrected chi connectivity index (χ0v) is 44.5. The van der Waals surface area contributed by atoms with Crippen molar-refractivity contribution in [3.05, 3.63) is 108 Å². The first-order chi connectivity index (χ1) is 38.4. The lowest BCUT2D eigenvalue weighted by Gasteiger charge is -2.28. The van der Waals surface area contributed by atoms with E-state index in [0.29, 0.717) is 16.5 Å². The number of carboxylic acids is 1. The Bertz CT molecular complexity index is 2780. The van der Waals surface area contributed by atoms with E-state index in [4.69, 9.17) is 27.0 Å². The number of aromatic amines is 1. The largest absolute Gasteiger partial charge is 0.480 e. The molecule has 1 saturated heterocycles. The maximum atomic E-state index is 14.8. The van der Waals surface area contributed by atoms with Crippen LogP contribution in [0.15, 0.2) is 91.1 Å². The number of carbonyl (C=O) groups is 9. The van der Waals surface area contributed by atoms with Gasteiger partial charge in [0.05, 0.1) is 13.2 Å². The van der Waals surface area contributed by atoms with Crippen molar-refractivity contribution in [3.8, 4) is 0 Å². The Balaban J connectivity index is 1.54. The average molecular weight is 1110 g/mol. The molecule has 26 heteroatoms. The van der Waals surface area contributed by atoms with E-state index in [1.807, 2.05) is 6.07 Å². The Morgan fingerprint density at radius 3 is 1.94 bits per heavy atom. The molecule has 18 N–H and O–H groups in total. The first-order valence-electron chi connectivity index (χ1n) is 26.3. The van der Waals surface area contributed by atoms with Gasteiger partial charge in [-0.1, -0.05) is 78.9 Å². The number of amides is 8. The Hall–Kier alpha value is -9.07. The van der Waals surface area contributed by atoms with Gasteiger partial charge in [-0.25, -0.2) is 4.79 Å². The maximum absolute atomic E-state index is 14.8.